The first-order valence-corrected chi connectivity index (χ1v) is 6.29. The molecule has 0 heterocycles. The zero-order valence-electron chi connectivity index (χ0n) is 10.5. The molecule has 2 rings (SSSR count). The number of nitrogens with zero attached hydrogens (tertiary/aromatic N) is 1. The molecular weight excluding hydrogens is 258 g/mol. The Kier molecular flexibility index (Phi) is 3.94. The normalized spacial score (nSPS) is 11.6. The molecule has 2 aromatic rings. The van der Waals surface area contributed by atoms with E-state index in [4.69, 9.17) is 22.6 Å². The van der Waals surface area contributed by atoms with Crippen LogP contribution in [-0.2, 0) is 0 Å². The second-order valence-electron chi connectivity index (χ2n) is 4.34. The number of nitrogens with two attached hydrogens (primary N) is 1. The van der Waals surface area contributed by atoms with Gasteiger partial charge in [-0.1, -0.05) is 23.7 Å². The quantitative estimate of drug-likeness (QED) is 0.831. The average molecular weight is 272 g/mol. The number of hydrogen-bond donors (Lipinski definition) is 2. The maximum absolute atomic E-state index is 9.10. The van der Waals surface area contributed by atoms with Crippen molar-refractivity contribution in [2.45, 2.75) is 13.0 Å². The summed E-state index contributed by atoms with van der Waals surface area (Å²) >= 11 is 5.97. The van der Waals surface area contributed by atoms with Gasteiger partial charge in [0.1, 0.15) is 6.07 Å². The molecule has 0 aliphatic heterocycles. The highest BCUT2D eigenvalue weighted by Gasteiger charge is 2.09. The molecule has 1 atom stereocenters. The number of rotatable bonds is 3. The Bertz CT molecular complexity index is 632. The number of nitrogen functional groups attached to an aromatic ring is 1. The lowest BCUT2D eigenvalue weighted by Gasteiger charge is -2.17. The van der Waals surface area contributed by atoms with Crippen LogP contribution in [-0.4, -0.2) is 0 Å². The second kappa shape index (κ2) is 5.64. The van der Waals surface area contributed by atoms with E-state index in [0.717, 1.165) is 11.3 Å². The first-order valence-electron chi connectivity index (χ1n) is 5.92. The van der Waals surface area contributed by atoms with Crippen LogP contribution in [0.25, 0.3) is 0 Å². The molecule has 0 radical (unpaired) electrons. The minimum atomic E-state index is 0.0504. The highest BCUT2D eigenvalue weighted by molar-refractivity contribution is 6.30. The Labute approximate surface area is 117 Å². The molecule has 0 saturated heterocycles. The van der Waals surface area contributed by atoms with Crippen LogP contribution >= 0.6 is 11.6 Å². The number of nitriles is 1. The van der Waals surface area contributed by atoms with Crippen molar-refractivity contribution in [3.05, 3.63) is 58.6 Å². The largest absolute Gasteiger partial charge is 0.399 e. The predicted molar refractivity (Wildman–Crippen MR) is 79.1 cm³/mol. The van der Waals surface area contributed by atoms with Crippen LogP contribution in [0.15, 0.2) is 42.5 Å². The molecule has 0 aliphatic carbocycles. The number of hydrogen-bond acceptors (Lipinski definition) is 3. The van der Waals surface area contributed by atoms with E-state index >= 15 is 0 Å². The molecule has 96 valence electrons. The molecule has 0 aliphatic rings. The SMILES string of the molecule is CC(Nc1ccc(N)cc1C#N)c1cccc(Cl)c1. The van der Waals surface area contributed by atoms with Crippen molar-refractivity contribution in [1.82, 2.24) is 0 Å². The first-order chi connectivity index (χ1) is 9.10. The van der Waals surface area contributed by atoms with Crippen LogP contribution in [0.4, 0.5) is 11.4 Å². The molecule has 0 bridgehead atoms. The third-order valence-electron chi connectivity index (χ3n) is 2.88. The summed E-state index contributed by atoms with van der Waals surface area (Å²) in [6.45, 7) is 2.02. The summed E-state index contributed by atoms with van der Waals surface area (Å²) in [4.78, 5) is 0. The minimum absolute atomic E-state index is 0.0504. The Morgan fingerprint density at radius 2 is 2.05 bits per heavy atom. The predicted octanol–water partition coefficient (Wildman–Crippen LogP) is 3.97. The van der Waals surface area contributed by atoms with Crippen molar-refractivity contribution in [3.63, 3.8) is 0 Å². The highest BCUT2D eigenvalue weighted by atomic mass is 35.5. The Balaban J connectivity index is 2.24. The summed E-state index contributed by atoms with van der Waals surface area (Å²) in [7, 11) is 0. The highest BCUT2D eigenvalue weighted by Crippen LogP contribution is 2.25. The maximum atomic E-state index is 9.10. The van der Waals surface area contributed by atoms with E-state index < -0.39 is 0 Å². The van der Waals surface area contributed by atoms with Crippen LogP contribution < -0.4 is 11.1 Å². The van der Waals surface area contributed by atoms with Gasteiger partial charge < -0.3 is 11.1 Å². The van der Waals surface area contributed by atoms with Gasteiger partial charge in [0.05, 0.1) is 11.3 Å². The van der Waals surface area contributed by atoms with Crippen molar-refractivity contribution >= 4 is 23.0 Å². The molecule has 19 heavy (non-hydrogen) atoms. The smallest absolute Gasteiger partial charge is 0.101 e. The van der Waals surface area contributed by atoms with E-state index in [2.05, 4.69) is 11.4 Å². The van der Waals surface area contributed by atoms with Crippen LogP contribution in [0.3, 0.4) is 0 Å². The fraction of sp³-hybridized carbons (Fsp3) is 0.133. The maximum Gasteiger partial charge on any atom is 0.101 e. The molecule has 3 N–H and O–H groups in total. The third kappa shape index (κ3) is 3.18. The van der Waals surface area contributed by atoms with Gasteiger partial charge >= 0.3 is 0 Å². The number of benzene rings is 2. The summed E-state index contributed by atoms with van der Waals surface area (Å²) in [6, 6.07) is 15.1. The van der Waals surface area contributed by atoms with Crippen molar-refractivity contribution in [1.29, 1.82) is 5.26 Å². The molecule has 0 saturated carbocycles. The van der Waals surface area contributed by atoms with E-state index in [0.29, 0.717) is 16.3 Å². The molecular formula is C15H14ClN3. The van der Waals surface area contributed by atoms with Crippen LogP contribution in [0.5, 0.6) is 0 Å². The lowest BCUT2D eigenvalue weighted by Crippen LogP contribution is -2.08. The zero-order chi connectivity index (χ0) is 13.8. The van der Waals surface area contributed by atoms with Gasteiger partial charge in [-0.25, -0.2) is 0 Å². The summed E-state index contributed by atoms with van der Waals surface area (Å²) in [5, 5.41) is 13.1. The van der Waals surface area contributed by atoms with Crippen molar-refractivity contribution < 1.29 is 0 Å². The van der Waals surface area contributed by atoms with Gasteiger partial charge in [0, 0.05) is 16.8 Å². The van der Waals surface area contributed by atoms with Crippen molar-refractivity contribution in [3.8, 4) is 6.07 Å². The van der Waals surface area contributed by atoms with Gasteiger partial charge in [-0.2, -0.15) is 5.26 Å². The van der Waals surface area contributed by atoms with E-state index in [1.54, 1.807) is 12.1 Å². The number of halogens is 1. The molecule has 0 spiro atoms. The molecule has 2 aromatic carbocycles. The fourth-order valence-electron chi connectivity index (χ4n) is 1.87. The van der Waals surface area contributed by atoms with Gasteiger partial charge in [0.25, 0.3) is 0 Å². The van der Waals surface area contributed by atoms with E-state index in [1.165, 1.54) is 0 Å². The van der Waals surface area contributed by atoms with Crippen LogP contribution in [0.2, 0.25) is 5.02 Å². The minimum Gasteiger partial charge on any atom is -0.399 e. The zero-order valence-corrected chi connectivity index (χ0v) is 11.3. The summed E-state index contributed by atoms with van der Waals surface area (Å²) < 4.78 is 0. The summed E-state index contributed by atoms with van der Waals surface area (Å²) in [6.07, 6.45) is 0. The summed E-state index contributed by atoms with van der Waals surface area (Å²) in [5.41, 5.74) is 8.62. The number of nitrogens with one attached hydrogen (secondary N) is 1. The molecule has 1 unspecified atom stereocenters. The van der Waals surface area contributed by atoms with Crippen molar-refractivity contribution in [2.75, 3.05) is 11.1 Å². The molecule has 0 fully saturated rings. The standard InChI is InChI=1S/C15H14ClN3/c1-10(11-3-2-4-13(16)7-11)19-15-6-5-14(18)8-12(15)9-17/h2-8,10,19H,18H2,1H3. The van der Waals surface area contributed by atoms with Gasteiger partial charge in [0.15, 0.2) is 0 Å². The van der Waals surface area contributed by atoms with Crippen molar-refractivity contribution in [2.24, 2.45) is 0 Å². The van der Waals surface area contributed by atoms with Gasteiger partial charge in [-0.05, 0) is 42.8 Å². The molecule has 3 nitrogen and oxygen atoms in total. The van der Waals surface area contributed by atoms with E-state index in [1.807, 2.05) is 37.3 Å². The van der Waals surface area contributed by atoms with Gasteiger partial charge in [0.2, 0.25) is 0 Å². The lowest BCUT2D eigenvalue weighted by molar-refractivity contribution is 0.884. The molecule has 0 amide bonds. The van der Waals surface area contributed by atoms with Crippen LogP contribution in [0, 0.1) is 11.3 Å². The monoisotopic (exact) mass is 271 g/mol. The molecule has 4 heteroatoms. The van der Waals surface area contributed by atoms with E-state index in [-0.39, 0.29) is 6.04 Å². The molecule has 0 aromatic heterocycles. The van der Waals surface area contributed by atoms with E-state index in [9.17, 15) is 0 Å². The fourth-order valence-corrected chi connectivity index (χ4v) is 2.07. The third-order valence-corrected chi connectivity index (χ3v) is 3.12. The number of anilines is 2. The van der Waals surface area contributed by atoms with Crippen LogP contribution in [0.1, 0.15) is 24.1 Å². The lowest BCUT2D eigenvalue weighted by atomic mass is 10.1. The Morgan fingerprint density at radius 1 is 1.26 bits per heavy atom. The summed E-state index contributed by atoms with van der Waals surface area (Å²) in [5.74, 6) is 0. The van der Waals surface area contributed by atoms with Gasteiger partial charge in [-0.15, -0.1) is 0 Å². The first kappa shape index (κ1) is 13.3. The Morgan fingerprint density at radius 3 is 2.74 bits per heavy atom. The second-order valence-corrected chi connectivity index (χ2v) is 4.77. The Hall–Kier alpha value is -2.18. The average Bonchev–Trinajstić information content (AvgIpc) is 2.40. The van der Waals surface area contributed by atoms with Gasteiger partial charge in [-0.3, -0.25) is 0 Å². The topological polar surface area (TPSA) is 61.8 Å².